The summed E-state index contributed by atoms with van der Waals surface area (Å²) in [6.07, 6.45) is 0.973. The van der Waals surface area contributed by atoms with E-state index in [2.05, 4.69) is 22.9 Å². The Hall–Kier alpha value is -0.650. The third-order valence-electron chi connectivity index (χ3n) is 3.05. The van der Waals surface area contributed by atoms with E-state index in [1.54, 1.807) is 25.3 Å². The summed E-state index contributed by atoms with van der Waals surface area (Å²) in [5.41, 5.74) is 2.57. The number of hydrogen-bond acceptors (Lipinski definition) is 3. The van der Waals surface area contributed by atoms with Gasteiger partial charge in [0.2, 0.25) is 0 Å². The Bertz CT molecular complexity index is 597. The molecular formula is C17H18BrNaO3. The van der Waals surface area contributed by atoms with Crippen molar-refractivity contribution in [3.63, 3.8) is 0 Å². The average Bonchev–Trinajstić information content (AvgIpc) is 2.56. The summed E-state index contributed by atoms with van der Waals surface area (Å²) in [5, 5.41) is 8.25. The van der Waals surface area contributed by atoms with E-state index in [1.165, 1.54) is 5.56 Å². The standard InChI is InChI=1S/C16H15BrO2.CH3O.Na/c1-3-11-4-6-12(7-5-11)16(18)14-9-8-13(19-2)10-15(14)17;1-2;/h4-10H,3H2,1-2H3;1H3;/q;-1;+1. The van der Waals surface area contributed by atoms with Crippen molar-refractivity contribution in [3.8, 4) is 5.75 Å². The number of aryl methyl sites for hydroxylation is 1. The molecular weight excluding hydrogens is 355 g/mol. The zero-order valence-electron chi connectivity index (χ0n) is 13.4. The molecule has 0 bridgehead atoms. The molecule has 0 radical (unpaired) electrons. The van der Waals surface area contributed by atoms with Gasteiger partial charge >= 0.3 is 29.6 Å². The van der Waals surface area contributed by atoms with Crippen molar-refractivity contribution in [2.45, 2.75) is 13.3 Å². The summed E-state index contributed by atoms with van der Waals surface area (Å²) in [6, 6.07) is 13.1. The number of benzene rings is 2. The first-order chi connectivity index (χ1) is 10.2. The van der Waals surface area contributed by atoms with Crippen molar-refractivity contribution in [1.82, 2.24) is 0 Å². The van der Waals surface area contributed by atoms with E-state index in [9.17, 15) is 4.79 Å². The van der Waals surface area contributed by atoms with Crippen LogP contribution in [0.5, 0.6) is 5.75 Å². The molecule has 0 amide bonds. The Labute approximate surface area is 162 Å². The van der Waals surface area contributed by atoms with E-state index >= 15 is 0 Å². The van der Waals surface area contributed by atoms with E-state index in [0.29, 0.717) is 11.1 Å². The molecule has 0 N–H and O–H groups in total. The van der Waals surface area contributed by atoms with Crippen molar-refractivity contribution < 1.29 is 44.2 Å². The van der Waals surface area contributed by atoms with Crippen LogP contribution in [-0.2, 0) is 6.42 Å². The number of hydrogen-bond donors (Lipinski definition) is 0. The molecule has 112 valence electrons. The molecule has 0 aliphatic carbocycles. The fourth-order valence-electron chi connectivity index (χ4n) is 1.85. The third-order valence-corrected chi connectivity index (χ3v) is 3.70. The SMILES string of the molecule is CCc1ccc(C(=O)c2ccc(OC)cc2Br)cc1.C[O-].[Na+]. The van der Waals surface area contributed by atoms with Gasteiger partial charge in [0.25, 0.3) is 0 Å². The molecule has 0 saturated heterocycles. The molecule has 3 nitrogen and oxygen atoms in total. The molecule has 2 aromatic rings. The predicted octanol–water partition coefficient (Wildman–Crippen LogP) is 0.232. The fourth-order valence-corrected chi connectivity index (χ4v) is 2.39. The molecule has 22 heavy (non-hydrogen) atoms. The summed E-state index contributed by atoms with van der Waals surface area (Å²) in [6.45, 7) is 2.09. The van der Waals surface area contributed by atoms with E-state index < -0.39 is 0 Å². The van der Waals surface area contributed by atoms with E-state index in [-0.39, 0.29) is 35.3 Å². The molecule has 0 unspecified atom stereocenters. The van der Waals surface area contributed by atoms with Crippen molar-refractivity contribution in [2.75, 3.05) is 14.2 Å². The molecule has 5 heteroatoms. The molecule has 0 fully saturated rings. The first-order valence-corrected chi connectivity index (χ1v) is 7.33. The van der Waals surface area contributed by atoms with Crippen molar-refractivity contribution in [3.05, 3.63) is 63.6 Å². The number of methoxy groups -OCH3 is 1. The molecule has 0 aliphatic heterocycles. The fraction of sp³-hybridized carbons (Fsp3) is 0.235. The molecule has 2 rings (SSSR count). The second-order valence-corrected chi connectivity index (χ2v) is 5.08. The van der Waals surface area contributed by atoms with Gasteiger partial charge in [-0.25, -0.2) is 0 Å². The van der Waals surface area contributed by atoms with Crippen LogP contribution in [0.25, 0.3) is 0 Å². The Morgan fingerprint density at radius 1 is 1.14 bits per heavy atom. The Kier molecular flexibility index (Phi) is 10.6. The predicted molar refractivity (Wildman–Crippen MR) is 85.9 cm³/mol. The average molecular weight is 373 g/mol. The molecule has 0 saturated carbocycles. The molecule has 2 aromatic carbocycles. The van der Waals surface area contributed by atoms with Gasteiger partial charge in [-0.2, -0.15) is 7.11 Å². The number of rotatable bonds is 4. The van der Waals surface area contributed by atoms with Crippen LogP contribution < -0.4 is 39.4 Å². The first-order valence-electron chi connectivity index (χ1n) is 6.53. The number of carbonyl (C=O) groups excluding carboxylic acids is 1. The second-order valence-electron chi connectivity index (χ2n) is 4.23. The van der Waals surface area contributed by atoms with Crippen molar-refractivity contribution >= 4 is 21.7 Å². The summed E-state index contributed by atoms with van der Waals surface area (Å²) < 4.78 is 5.87. The van der Waals surface area contributed by atoms with Crippen molar-refractivity contribution in [1.29, 1.82) is 0 Å². The Balaban J connectivity index is 0.00000141. The van der Waals surface area contributed by atoms with E-state index in [0.717, 1.165) is 23.8 Å². The maximum absolute atomic E-state index is 12.4. The van der Waals surface area contributed by atoms with Gasteiger partial charge in [0.15, 0.2) is 5.78 Å². The first kappa shape index (κ1) is 21.4. The van der Waals surface area contributed by atoms with Gasteiger partial charge in [0.1, 0.15) is 5.75 Å². The number of ketones is 1. The van der Waals surface area contributed by atoms with Crippen LogP contribution in [0, 0.1) is 0 Å². The summed E-state index contributed by atoms with van der Waals surface area (Å²) >= 11 is 3.41. The largest absolute Gasteiger partial charge is 1.00 e. The zero-order valence-corrected chi connectivity index (χ0v) is 16.9. The Morgan fingerprint density at radius 3 is 2.18 bits per heavy atom. The van der Waals surface area contributed by atoms with Gasteiger partial charge in [0.05, 0.1) is 7.11 Å². The summed E-state index contributed by atoms with van der Waals surface area (Å²) in [5.74, 6) is 0.738. The quantitative estimate of drug-likeness (QED) is 0.570. The van der Waals surface area contributed by atoms with Crippen LogP contribution in [0.3, 0.4) is 0 Å². The van der Waals surface area contributed by atoms with Gasteiger partial charge in [0, 0.05) is 15.6 Å². The normalized spacial score (nSPS) is 9.14. The van der Waals surface area contributed by atoms with E-state index in [4.69, 9.17) is 9.84 Å². The van der Waals surface area contributed by atoms with Gasteiger partial charge in [-0.15, -0.1) is 0 Å². The molecule has 0 aromatic heterocycles. The molecule has 0 atom stereocenters. The minimum absolute atomic E-state index is 0. The number of halogens is 1. The van der Waals surface area contributed by atoms with Crippen LogP contribution in [0.15, 0.2) is 46.9 Å². The molecule has 0 heterocycles. The van der Waals surface area contributed by atoms with Crippen LogP contribution in [0.1, 0.15) is 28.4 Å². The minimum Gasteiger partial charge on any atom is -0.857 e. The van der Waals surface area contributed by atoms with Crippen LogP contribution in [0.4, 0.5) is 0 Å². The maximum atomic E-state index is 12.4. The molecule has 0 aliphatic rings. The van der Waals surface area contributed by atoms with Gasteiger partial charge < -0.3 is 9.84 Å². The van der Waals surface area contributed by atoms with Crippen LogP contribution >= 0.6 is 15.9 Å². The third kappa shape index (κ3) is 5.52. The van der Waals surface area contributed by atoms with Gasteiger partial charge in [-0.1, -0.05) is 31.2 Å². The monoisotopic (exact) mass is 372 g/mol. The maximum Gasteiger partial charge on any atom is 1.00 e. The molecule has 0 spiro atoms. The summed E-state index contributed by atoms with van der Waals surface area (Å²) in [7, 11) is 2.35. The second kappa shape index (κ2) is 11.0. The van der Waals surface area contributed by atoms with Gasteiger partial charge in [-0.3, -0.25) is 4.79 Å². The Morgan fingerprint density at radius 2 is 1.73 bits per heavy atom. The number of ether oxygens (including phenoxy) is 1. The minimum atomic E-state index is 0. The van der Waals surface area contributed by atoms with E-state index in [1.807, 2.05) is 24.3 Å². The topological polar surface area (TPSA) is 49.4 Å². The van der Waals surface area contributed by atoms with Gasteiger partial charge in [-0.05, 0) is 46.1 Å². The van der Waals surface area contributed by atoms with Crippen LogP contribution in [-0.4, -0.2) is 20.0 Å². The number of carbonyl (C=O) groups is 1. The summed E-state index contributed by atoms with van der Waals surface area (Å²) in [4.78, 5) is 12.4. The van der Waals surface area contributed by atoms with Crippen LogP contribution in [0.2, 0.25) is 0 Å². The zero-order chi connectivity index (χ0) is 15.8. The smallest absolute Gasteiger partial charge is 0.857 e. The van der Waals surface area contributed by atoms with Crippen molar-refractivity contribution in [2.24, 2.45) is 0 Å².